The van der Waals surface area contributed by atoms with Crippen LogP contribution in [0.5, 0.6) is 0 Å². The van der Waals surface area contributed by atoms with Crippen LogP contribution >= 0.6 is 0 Å². The van der Waals surface area contributed by atoms with Crippen molar-refractivity contribution in [3.05, 3.63) is 36.0 Å². The average Bonchev–Trinajstić information content (AvgIpc) is 2.94. The zero-order chi connectivity index (χ0) is 14.8. The molecule has 0 spiro atoms. The van der Waals surface area contributed by atoms with E-state index >= 15 is 0 Å². The Balaban J connectivity index is 1.85. The number of H-pyrrole nitrogens is 1. The van der Waals surface area contributed by atoms with E-state index in [1.165, 1.54) is 0 Å². The van der Waals surface area contributed by atoms with Gasteiger partial charge in [0.2, 0.25) is 0 Å². The monoisotopic (exact) mass is 288 g/mol. The molecule has 1 amide bonds. The summed E-state index contributed by atoms with van der Waals surface area (Å²) in [5.74, 6) is -1.08. The summed E-state index contributed by atoms with van der Waals surface area (Å²) >= 11 is 0. The van der Waals surface area contributed by atoms with Crippen LogP contribution in [-0.2, 0) is 9.53 Å². The number of carboxylic acid groups (broad SMARTS) is 1. The average molecular weight is 288 g/mol. The summed E-state index contributed by atoms with van der Waals surface area (Å²) in [6.45, 7) is 1.12. The summed E-state index contributed by atoms with van der Waals surface area (Å²) in [6.07, 6.45) is 1.72. The minimum absolute atomic E-state index is 0.101. The number of fused-ring (bicyclic) bond motifs is 1. The van der Waals surface area contributed by atoms with Crippen LogP contribution in [0.4, 0.5) is 0 Å². The number of aromatic nitrogens is 1. The van der Waals surface area contributed by atoms with E-state index in [0.717, 1.165) is 10.9 Å². The van der Waals surface area contributed by atoms with Gasteiger partial charge in [-0.2, -0.15) is 0 Å². The van der Waals surface area contributed by atoms with Gasteiger partial charge in [0.1, 0.15) is 0 Å². The van der Waals surface area contributed by atoms with Crippen molar-refractivity contribution in [1.82, 2.24) is 9.88 Å². The lowest BCUT2D eigenvalue weighted by atomic mass is 10.1. The van der Waals surface area contributed by atoms with E-state index in [-0.39, 0.29) is 18.9 Å². The molecule has 1 aromatic carbocycles. The van der Waals surface area contributed by atoms with Gasteiger partial charge >= 0.3 is 5.97 Å². The number of rotatable bonds is 3. The number of nitrogens with zero attached hydrogens (tertiary/aromatic N) is 1. The van der Waals surface area contributed by atoms with E-state index in [0.29, 0.717) is 18.7 Å². The molecule has 0 radical (unpaired) electrons. The number of carbonyl (C=O) groups excluding carboxylic acids is 1. The first kappa shape index (κ1) is 13.6. The van der Waals surface area contributed by atoms with Gasteiger partial charge in [-0.05, 0) is 23.6 Å². The van der Waals surface area contributed by atoms with Crippen LogP contribution in [0.3, 0.4) is 0 Å². The smallest absolute Gasteiger partial charge is 0.305 e. The molecule has 1 unspecified atom stereocenters. The summed E-state index contributed by atoms with van der Waals surface area (Å²) in [5.41, 5.74) is 1.45. The molecular weight excluding hydrogens is 272 g/mol. The van der Waals surface area contributed by atoms with E-state index in [1.54, 1.807) is 17.0 Å². The van der Waals surface area contributed by atoms with Gasteiger partial charge in [-0.1, -0.05) is 6.07 Å². The quantitative estimate of drug-likeness (QED) is 0.896. The number of aromatic amines is 1. The number of benzene rings is 1. The number of hydrogen-bond acceptors (Lipinski definition) is 3. The van der Waals surface area contributed by atoms with Gasteiger partial charge in [0.25, 0.3) is 5.91 Å². The number of ether oxygens (including phenoxy) is 1. The third-order valence-electron chi connectivity index (χ3n) is 3.70. The van der Waals surface area contributed by atoms with Crippen molar-refractivity contribution in [2.24, 2.45) is 0 Å². The van der Waals surface area contributed by atoms with Crippen molar-refractivity contribution in [2.75, 3.05) is 19.8 Å². The van der Waals surface area contributed by atoms with Gasteiger partial charge in [-0.15, -0.1) is 0 Å². The molecule has 2 heterocycles. The van der Waals surface area contributed by atoms with Gasteiger partial charge in [-0.25, -0.2) is 0 Å². The van der Waals surface area contributed by atoms with Crippen LogP contribution in [0.2, 0.25) is 0 Å². The maximum Gasteiger partial charge on any atom is 0.305 e. The molecule has 110 valence electrons. The molecule has 2 N–H and O–H groups in total. The fourth-order valence-corrected chi connectivity index (χ4v) is 2.64. The Morgan fingerprint density at radius 2 is 2.24 bits per heavy atom. The third kappa shape index (κ3) is 2.75. The molecule has 21 heavy (non-hydrogen) atoms. The topological polar surface area (TPSA) is 82.6 Å². The van der Waals surface area contributed by atoms with E-state index < -0.39 is 12.0 Å². The van der Waals surface area contributed by atoms with Crippen LogP contribution < -0.4 is 0 Å². The molecule has 2 aromatic rings. The molecule has 1 saturated heterocycles. The maximum absolute atomic E-state index is 12.6. The van der Waals surface area contributed by atoms with E-state index in [1.807, 2.05) is 18.3 Å². The molecule has 6 heteroatoms. The fraction of sp³-hybridized carbons (Fsp3) is 0.333. The van der Waals surface area contributed by atoms with Crippen LogP contribution in [0, 0.1) is 0 Å². The van der Waals surface area contributed by atoms with Crippen molar-refractivity contribution in [3.63, 3.8) is 0 Å². The number of amides is 1. The third-order valence-corrected chi connectivity index (χ3v) is 3.70. The standard InChI is InChI=1S/C15H16N2O4/c18-14(19)8-12-9-21-6-5-17(12)15(20)11-2-1-10-3-4-16-13(10)7-11/h1-4,7,12,16H,5-6,8-9H2,(H,18,19). The van der Waals surface area contributed by atoms with E-state index in [9.17, 15) is 9.59 Å². The second-order valence-electron chi connectivity index (χ2n) is 5.10. The Morgan fingerprint density at radius 3 is 3.05 bits per heavy atom. The summed E-state index contributed by atoms with van der Waals surface area (Å²) in [5, 5.41) is 9.99. The SMILES string of the molecule is O=C(O)CC1COCCN1C(=O)c1ccc2cc[nH]c2c1. The Bertz CT molecular complexity index is 679. The van der Waals surface area contributed by atoms with Crippen molar-refractivity contribution >= 4 is 22.8 Å². The van der Waals surface area contributed by atoms with Gasteiger partial charge in [-0.3, -0.25) is 9.59 Å². The van der Waals surface area contributed by atoms with Crippen molar-refractivity contribution < 1.29 is 19.4 Å². The Hall–Kier alpha value is -2.34. The largest absolute Gasteiger partial charge is 0.481 e. The molecule has 0 bridgehead atoms. The first-order valence-electron chi connectivity index (χ1n) is 6.83. The minimum Gasteiger partial charge on any atom is -0.481 e. The molecule has 0 aliphatic carbocycles. The zero-order valence-electron chi connectivity index (χ0n) is 11.4. The van der Waals surface area contributed by atoms with E-state index in [4.69, 9.17) is 9.84 Å². The van der Waals surface area contributed by atoms with Gasteiger partial charge < -0.3 is 19.7 Å². The molecule has 0 saturated carbocycles. The van der Waals surface area contributed by atoms with Crippen LogP contribution in [0.15, 0.2) is 30.5 Å². The first-order valence-corrected chi connectivity index (χ1v) is 6.83. The zero-order valence-corrected chi connectivity index (χ0v) is 11.4. The Morgan fingerprint density at radius 1 is 1.38 bits per heavy atom. The van der Waals surface area contributed by atoms with Crippen molar-refractivity contribution in [2.45, 2.75) is 12.5 Å². The van der Waals surface area contributed by atoms with Gasteiger partial charge in [0, 0.05) is 23.8 Å². The van der Waals surface area contributed by atoms with Crippen LogP contribution in [0.25, 0.3) is 10.9 Å². The van der Waals surface area contributed by atoms with Crippen molar-refractivity contribution in [3.8, 4) is 0 Å². The summed E-state index contributed by atoms with van der Waals surface area (Å²) < 4.78 is 5.29. The van der Waals surface area contributed by atoms with Gasteiger partial charge in [0.05, 0.1) is 25.7 Å². The number of hydrogen-bond donors (Lipinski definition) is 2. The summed E-state index contributed by atoms with van der Waals surface area (Å²) in [4.78, 5) is 28.2. The molecule has 1 aliphatic rings. The number of carbonyl (C=O) groups is 2. The predicted molar refractivity (Wildman–Crippen MR) is 76.2 cm³/mol. The van der Waals surface area contributed by atoms with Crippen LogP contribution in [0.1, 0.15) is 16.8 Å². The lowest BCUT2D eigenvalue weighted by Gasteiger charge is -2.34. The number of carboxylic acids is 1. The Kier molecular flexibility index (Phi) is 3.62. The highest BCUT2D eigenvalue weighted by molar-refractivity contribution is 5.98. The maximum atomic E-state index is 12.6. The second-order valence-corrected chi connectivity index (χ2v) is 5.10. The molecule has 1 aliphatic heterocycles. The highest BCUT2D eigenvalue weighted by Crippen LogP contribution is 2.19. The first-order chi connectivity index (χ1) is 10.1. The van der Waals surface area contributed by atoms with Gasteiger partial charge in [0.15, 0.2) is 0 Å². The molecule has 3 rings (SSSR count). The fourth-order valence-electron chi connectivity index (χ4n) is 2.64. The van der Waals surface area contributed by atoms with Crippen LogP contribution in [-0.4, -0.2) is 52.7 Å². The molecule has 1 atom stereocenters. The molecule has 1 aromatic heterocycles. The summed E-state index contributed by atoms with van der Waals surface area (Å²) in [6, 6.07) is 6.97. The lowest BCUT2D eigenvalue weighted by Crippen LogP contribution is -2.49. The predicted octanol–water partition coefficient (Wildman–Crippen LogP) is 1.48. The summed E-state index contributed by atoms with van der Waals surface area (Å²) in [7, 11) is 0. The highest BCUT2D eigenvalue weighted by atomic mass is 16.5. The Labute approximate surface area is 121 Å². The molecule has 1 fully saturated rings. The molecular formula is C15H16N2O4. The number of aliphatic carboxylic acids is 1. The van der Waals surface area contributed by atoms with E-state index in [2.05, 4.69) is 4.98 Å². The number of morpholine rings is 1. The highest BCUT2D eigenvalue weighted by Gasteiger charge is 2.29. The number of nitrogens with one attached hydrogen (secondary N) is 1. The lowest BCUT2D eigenvalue weighted by molar-refractivity contribution is -0.139. The normalized spacial score (nSPS) is 18.9. The van der Waals surface area contributed by atoms with Crippen molar-refractivity contribution in [1.29, 1.82) is 0 Å². The second kappa shape index (κ2) is 5.57. The molecule has 6 nitrogen and oxygen atoms in total. The minimum atomic E-state index is -0.928.